The fraction of sp³-hybridized carbons (Fsp3) is 0.538. The molecule has 1 rings (SSSR count). The minimum Gasteiger partial charge on any atom is -0.396 e. The molecule has 0 heterocycles. The summed E-state index contributed by atoms with van der Waals surface area (Å²) in [5, 5.41) is 12.5. The van der Waals surface area contributed by atoms with Crippen LogP contribution < -0.4 is 5.32 Å². The number of rotatable bonds is 7. The number of methoxy groups -OCH3 is 1. The number of nitrogens with one attached hydrogen (secondary N) is 1. The maximum atomic E-state index is 9.03. The predicted molar refractivity (Wildman–Crippen MR) is 65.3 cm³/mol. The molecule has 3 nitrogen and oxygen atoms in total. The first-order valence-electron chi connectivity index (χ1n) is 5.59. The van der Waals surface area contributed by atoms with Gasteiger partial charge in [0.1, 0.15) is 0 Å². The Balaban J connectivity index is 2.49. The zero-order valence-corrected chi connectivity index (χ0v) is 10.1. The highest BCUT2D eigenvalue weighted by Gasteiger charge is 2.22. The van der Waals surface area contributed by atoms with Gasteiger partial charge in [0, 0.05) is 25.8 Å². The van der Waals surface area contributed by atoms with Gasteiger partial charge in [-0.1, -0.05) is 30.3 Å². The van der Waals surface area contributed by atoms with Gasteiger partial charge in [-0.15, -0.1) is 0 Å². The van der Waals surface area contributed by atoms with Crippen molar-refractivity contribution in [3.63, 3.8) is 0 Å². The van der Waals surface area contributed by atoms with Gasteiger partial charge in [-0.3, -0.25) is 0 Å². The average Bonchev–Trinajstić information content (AvgIpc) is 2.29. The van der Waals surface area contributed by atoms with Crippen LogP contribution in [0.5, 0.6) is 0 Å². The van der Waals surface area contributed by atoms with E-state index in [1.54, 1.807) is 7.11 Å². The molecule has 0 saturated carbocycles. The van der Waals surface area contributed by atoms with E-state index in [9.17, 15) is 0 Å². The molecule has 0 bridgehead atoms. The van der Waals surface area contributed by atoms with E-state index in [1.165, 1.54) is 5.56 Å². The smallest absolute Gasteiger partial charge is 0.0642 e. The molecule has 0 saturated heterocycles. The molecular weight excluding hydrogens is 202 g/mol. The van der Waals surface area contributed by atoms with Crippen molar-refractivity contribution in [1.29, 1.82) is 0 Å². The summed E-state index contributed by atoms with van der Waals surface area (Å²) >= 11 is 0. The van der Waals surface area contributed by atoms with E-state index in [-0.39, 0.29) is 12.1 Å². The molecule has 3 heteroatoms. The molecule has 1 aromatic carbocycles. The van der Waals surface area contributed by atoms with Crippen LogP contribution in [0.2, 0.25) is 0 Å². The van der Waals surface area contributed by atoms with Crippen LogP contribution in [0.1, 0.15) is 18.9 Å². The van der Waals surface area contributed by atoms with Gasteiger partial charge in [0.2, 0.25) is 0 Å². The van der Waals surface area contributed by atoms with Crippen LogP contribution in [0.4, 0.5) is 0 Å². The van der Waals surface area contributed by atoms with Gasteiger partial charge in [-0.05, 0) is 18.9 Å². The number of ether oxygens (including phenoxy) is 1. The van der Waals surface area contributed by atoms with E-state index >= 15 is 0 Å². The Kier molecular flexibility index (Phi) is 5.46. The van der Waals surface area contributed by atoms with Crippen molar-refractivity contribution < 1.29 is 9.84 Å². The molecule has 2 N–H and O–H groups in total. The van der Waals surface area contributed by atoms with Crippen molar-refractivity contribution in [2.75, 3.05) is 20.3 Å². The Morgan fingerprint density at radius 1 is 1.31 bits per heavy atom. The van der Waals surface area contributed by atoms with Crippen molar-refractivity contribution in [3.8, 4) is 0 Å². The largest absolute Gasteiger partial charge is 0.396 e. The van der Waals surface area contributed by atoms with Gasteiger partial charge in [0.15, 0.2) is 0 Å². The molecule has 0 aliphatic heterocycles. The number of aliphatic hydroxyl groups is 1. The molecule has 0 aliphatic carbocycles. The lowest BCUT2D eigenvalue weighted by atomic mass is 9.99. The Morgan fingerprint density at radius 3 is 2.56 bits per heavy atom. The van der Waals surface area contributed by atoms with Crippen LogP contribution >= 0.6 is 0 Å². The molecule has 1 aromatic rings. The van der Waals surface area contributed by atoms with Crippen LogP contribution in [-0.2, 0) is 11.3 Å². The maximum absolute atomic E-state index is 9.03. The first-order valence-corrected chi connectivity index (χ1v) is 5.59. The standard InChI is InChI=1S/C13H21NO2/c1-13(8-9-15,11-16-2)14-10-12-6-4-3-5-7-12/h3-7,14-15H,8-11H2,1-2H3. The minimum atomic E-state index is -0.167. The Hall–Kier alpha value is -0.900. The molecule has 0 aliphatic rings. The third-order valence-electron chi connectivity index (χ3n) is 2.69. The Morgan fingerprint density at radius 2 is 2.00 bits per heavy atom. The van der Waals surface area contributed by atoms with Crippen LogP contribution in [0, 0.1) is 0 Å². The molecular formula is C13H21NO2. The summed E-state index contributed by atoms with van der Waals surface area (Å²) in [4.78, 5) is 0. The summed E-state index contributed by atoms with van der Waals surface area (Å²) in [6, 6.07) is 10.2. The maximum Gasteiger partial charge on any atom is 0.0642 e. The summed E-state index contributed by atoms with van der Waals surface area (Å²) in [5.41, 5.74) is 1.07. The van der Waals surface area contributed by atoms with Gasteiger partial charge >= 0.3 is 0 Å². The van der Waals surface area contributed by atoms with Crippen LogP contribution in [0.25, 0.3) is 0 Å². The van der Waals surface area contributed by atoms with E-state index in [2.05, 4.69) is 24.4 Å². The monoisotopic (exact) mass is 223 g/mol. The van der Waals surface area contributed by atoms with Crippen LogP contribution in [-0.4, -0.2) is 31.0 Å². The predicted octanol–water partition coefficient (Wildman–Crippen LogP) is 1.56. The molecule has 0 amide bonds. The molecule has 0 radical (unpaired) electrons. The van der Waals surface area contributed by atoms with Gasteiger partial charge in [0.05, 0.1) is 6.61 Å². The number of aliphatic hydroxyl groups excluding tert-OH is 1. The lowest BCUT2D eigenvalue weighted by Gasteiger charge is -2.29. The third kappa shape index (κ3) is 4.31. The fourth-order valence-electron chi connectivity index (χ4n) is 1.69. The topological polar surface area (TPSA) is 41.5 Å². The van der Waals surface area contributed by atoms with Crippen molar-refractivity contribution in [1.82, 2.24) is 5.32 Å². The first-order chi connectivity index (χ1) is 7.70. The number of benzene rings is 1. The number of hydrogen-bond acceptors (Lipinski definition) is 3. The lowest BCUT2D eigenvalue weighted by molar-refractivity contribution is 0.0969. The van der Waals surface area contributed by atoms with Crippen molar-refractivity contribution in [2.24, 2.45) is 0 Å². The second-order valence-electron chi connectivity index (χ2n) is 4.31. The highest BCUT2D eigenvalue weighted by molar-refractivity contribution is 5.14. The number of hydrogen-bond donors (Lipinski definition) is 2. The van der Waals surface area contributed by atoms with Gasteiger partial charge in [-0.2, -0.15) is 0 Å². The van der Waals surface area contributed by atoms with E-state index in [1.807, 2.05) is 18.2 Å². The highest BCUT2D eigenvalue weighted by atomic mass is 16.5. The highest BCUT2D eigenvalue weighted by Crippen LogP contribution is 2.11. The van der Waals surface area contributed by atoms with Crippen LogP contribution in [0.15, 0.2) is 30.3 Å². The minimum absolute atomic E-state index is 0.167. The second kappa shape index (κ2) is 6.63. The molecule has 1 atom stereocenters. The van der Waals surface area contributed by atoms with Gasteiger partial charge in [0.25, 0.3) is 0 Å². The van der Waals surface area contributed by atoms with Gasteiger partial charge in [-0.25, -0.2) is 0 Å². The van der Waals surface area contributed by atoms with E-state index in [4.69, 9.17) is 9.84 Å². The Bertz CT molecular complexity index is 281. The van der Waals surface area contributed by atoms with Crippen molar-refractivity contribution in [2.45, 2.75) is 25.4 Å². The van der Waals surface area contributed by atoms with E-state index < -0.39 is 0 Å². The fourth-order valence-corrected chi connectivity index (χ4v) is 1.69. The van der Waals surface area contributed by atoms with Crippen molar-refractivity contribution >= 4 is 0 Å². The molecule has 0 spiro atoms. The Labute approximate surface area is 97.4 Å². The first kappa shape index (κ1) is 13.2. The molecule has 0 aromatic heterocycles. The summed E-state index contributed by atoms with van der Waals surface area (Å²) in [5.74, 6) is 0. The van der Waals surface area contributed by atoms with E-state index in [0.717, 1.165) is 6.54 Å². The summed E-state index contributed by atoms with van der Waals surface area (Å²) in [6.07, 6.45) is 0.688. The molecule has 1 unspecified atom stereocenters. The van der Waals surface area contributed by atoms with Crippen LogP contribution in [0.3, 0.4) is 0 Å². The lowest BCUT2D eigenvalue weighted by Crippen LogP contribution is -2.46. The van der Waals surface area contributed by atoms with Gasteiger partial charge < -0.3 is 15.2 Å². The van der Waals surface area contributed by atoms with Crippen molar-refractivity contribution in [3.05, 3.63) is 35.9 Å². The summed E-state index contributed by atoms with van der Waals surface area (Å²) < 4.78 is 5.17. The molecule has 90 valence electrons. The molecule has 16 heavy (non-hydrogen) atoms. The summed E-state index contributed by atoms with van der Waals surface area (Å²) in [7, 11) is 1.68. The zero-order valence-electron chi connectivity index (χ0n) is 10.1. The molecule has 0 fully saturated rings. The SMILES string of the molecule is COCC(C)(CCO)NCc1ccccc1. The third-order valence-corrected chi connectivity index (χ3v) is 2.69. The average molecular weight is 223 g/mol. The normalized spacial score (nSPS) is 14.7. The zero-order chi connectivity index (χ0) is 11.9. The quantitative estimate of drug-likeness (QED) is 0.737. The second-order valence-corrected chi connectivity index (χ2v) is 4.31. The van der Waals surface area contributed by atoms with E-state index in [0.29, 0.717) is 13.0 Å². The summed E-state index contributed by atoms with van der Waals surface area (Å²) in [6.45, 7) is 3.62.